The highest BCUT2D eigenvalue weighted by Crippen LogP contribution is 2.31. The predicted molar refractivity (Wildman–Crippen MR) is 177 cm³/mol. The predicted octanol–water partition coefficient (Wildman–Crippen LogP) is 1.73. The molecule has 0 saturated carbocycles. The molecule has 2 aliphatic rings. The third-order valence-electron chi connectivity index (χ3n) is 8.44. The normalized spacial score (nSPS) is 30.7. The number of rotatable bonds is 22. The van der Waals surface area contributed by atoms with Gasteiger partial charge in [-0.1, -0.05) is 43.6 Å². The molecule has 0 aromatic rings. The van der Waals surface area contributed by atoms with Gasteiger partial charge in [0.1, 0.15) is 62.0 Å². The zero-order valence-electron chi connectivity index (χ0n) is 29.7. The first kappa shape index (κ1) is 43.7. The van der Waals surface area contributed by atoms with Crippen molar-refractivity contribution in [2.75, 3.05) is 20.3 Å². The second-order valence-electron chi connectivity index (χ2n) is 12.7. The number of unbranched alkanes of at least 4 members (excludes halogenated alkanes) is 6. The average molecular weight is 719 g/mol. The molecule has 2 saturated heterocycles. The molecule has 2 heterocycles. The van der Waals surface area contributed by atoms with Gasteiger partial charge in [0.25, 0.3) is 0 Å². The van der Waals surface area contributed by atoms with Crippen molar-refractivity contribution in [3.8, 4) is 0 Å². The summed E-state index contributed by atoms with van der Waals surface area (Å²) < 4.78 is 37.9. The Bertz CT molecular complexity index is 1050. The van der Waals surface area contributed by atoms with E-state index in [0.29, 0.717) is 12.8 Å². The van der Waals surface area contributed by atoms with Crippen LogP contribution in [0, 0.1) is 0 Å². The Morgan fingerprint density at radius 2 is 1.22 bits per heavy atom. The quantitative estimate of drug-likeness (QED) is 0.0466. The van der Waals surface area contributed by atoms with Crippen LogP contribution in [0.4, 0.5) is 0 Å². The number of aliphatic hydroxyl groups excluding tert-OH is 5. The molecular weight excluding hydrogens is 660 g/mol. The van der Waals surface area contributed by atoms with Gasteiger partial charge in [-0.2, -0.15) is 0 Å². The van der Waals surface area contributed by atoms with Crippen molar-refractivity contribution < 1.29 is 73.1 Å². The topological polar surface area (TPSA) is 217 Å². The van der Waals surface area contributed by atoms with E-state index in [2.05, 4.69) is 29.0 Å². The maximum Gasteiger partial charge on any atom is 0.305 e. The summed E-state index contributed by atoms with van der Waals surface area (Å²) in [7, 11) is 1.40. The maximum atomic E-state index is 11.4. The van der Waals surface area contributed by atoms with Crippen LogP contribution in [0.25, 0.3) is 0 Å². The fourth-order valence-electron chi connectivity index (χ4n) is 5.50. The number of carbonyl (C=O) groups is 3. The smallest absolute Gasteiger partial charge is 0.305 e. The molecule has 1 unspecified atom stereocenters. The van der Waals surface area contributed by atoms with E-state index in [4.69, 9.17) is 28.4 Å². The van der Waals surface area contributed by atoms with E-state index >= 15 is 0 Å². The van der Waals surface area contributed by atoms with E-state index in [1.165, 1.54) is 14.0 Å². The Balaban J connectivity index is 1.85. The number of esters is 3. The largest absolute Gasteiger partial charge is 0.469 e. The summed E-state index contributed by atoms with van der Waals surface area (Å²) in [6.07, 6.45) is 2.52. The van der Waals surface area contributed by atoms with E-state index in [0.717, 1.165) is 64.7 Å². The third-order valence-corrected chi connectivity index (χ3v) is 8.44. The molecule has 2 fully saturated rings. The first-order valence-electron chi connectivity index (χ1n) is 17.5. The minimum atomic E-state index is -1.78. The van der Waals surface area contributed by atoms with Gasteiger partial charge in [-0.25, -0.2) is 0 Å². The van der Waals surface area contributed by atoms with Crippen LogP contribution in [0.3, 0.4) is 0 Å². The summed E-state index contributed by atoms with van der Waals surface area (Å²) in [5.74, 6) is -1.44. The number of aliphatic hydroxyl groups is 5. The molecule has 11 atom stereocenters. The van der Waals surface area contributed by atoms with E-state index in [-0.39, 0.29) is 12.6 Å². The number of methoxy groups -OCH3 is 1. The van der Waals surface area contributed by atoms with Gasteiger partial charge in [0.15, 0.2) is 12.6 Å². The number of carbonyl (C=O) groups excluding carboxylic acids is 3. The highest BCUT2D eigenvalue weighted by atomic mass is 16.8. The second-order valence-corrected chi connectivity index (χ2v) is 12.7. The number of hydrogen-bond acceptors (Lipinski definition) is 15. The number of allylic oxidation sites excluding steroid dienone is 4. The van der Waals surface area contributed by atoms with Gasteiger partial charge in [-0.05, 0) is 51.9 Å². The average Bonchev–Trinajstić information content (AvgIpc) is 3.08. The SMILES string of the molecule is COC(=O)CCCC/C=C\C/C=C\CCCCCCC(C)O[C@@H]1O[C@H](COC(C)=O)[C@@H](O)[C@H](O)[C@H]1O[C@@H]1O[C@H](COC(C)=O)[C@@H](O)[C@H](O)[C@H]1O. The Kier molecular flexibility index (Phi) is 20.9. The summed E-state index contributed by atoms with van der Waals surface area (Å²) >= 11 is 0. The second kappa shape index (κ2) is 23.9. The molecule has 5 N–H and O–H groups in total. The molecule has 2 rings (SSSR count). The van der Waals surface area contributed by atoms with Crippen LogP contribution in [-0.4, -0.2) is 131 Å². The molecule has 50 heavy (non-hydrogen) atoms. The molecule has 0 radical (unpaired) electrons. The zero-order valence-corrected chi connectivity index (χ0v) is 29.7. The van der Waals surface area contributed by atoms with Gasteiger partial charge < -0.3 is 58.7 Å². The maximum absolute atomic E-state index is 11.4. The first-order valence-corrected chi connectivity index (χ1v) is 17.5. The highest BCUT2D eigenvalue weighted by Gasteiger charge is 2.51. The van der Waals surface area contributed by atoms with Crippen molar-refractivity contribution in [1.82, 2.24) is 0 Å². The fraction of sp³-hybridized carbons (Fsp3) is 0.800. The van der Waals surface area contributed by atoms with Gasteiger partial charge in [-0.15, -0.1) is 0 Å². The first-order chi connectivity index (χ1) is 23.8. The van der Waals surface area contributed by atoms with Crippen molar-refractivity contribution in [2.45, 2.75) is 159 Å². The molecule has 2 aliphatic heterocycles. The van der Waals surface area contributed by atoms with Crippen LogP contribution < -0.4 is 0 Å². The minimum Gasteiger partial charge on any atom is -0.469 e. The lowest BCUT2D eigenvalue weighted by Crippen LogP contribution is -2.65. The van der Waals surface area contributed by atoms with Gasteiger partial charge in [-0.3, -0.25) is 14.4 Å². The Hall–Kier alpha value is -2.47. The van der Waals surface area contributed by atoms with Crippen molar-refractivity contribution in [3.63, 3.8) is 0 Å². The third kappa shape index (κ3) is 15.8. The fourth-order valence-corrected chi connectivity index (χ4v) is 5.50. The van der Waals surface area contributed by atoms with E-state index in [9.17, 15) is 39.9 Å². The Morgan fingerprint density at radius 1 is 0.680 bits per heavy atom. The number of hydrogen-bond donors (Lipinski definition) is 5. The Labute approximate surface area is 294 Å². The molecule has 15 heteroatoms. The van der Waals surface area contributed by atoms with Crippen molar-refractivity contribution in [1.29, 1.82) is 0 Å². The van der Waals surface area contributed by atoms with Crippen LogP contribution in [0.15, 0.2) is 24.3 Å². The van der Waals surface area contributed by atoms with E-state index < -0.39 is 86.1 Å². The van der Waals surface area contributed by atoms with Crippen LogP contribution in [0.2, 0.25) is 0 Å². The van der Waals surface area contributed by atoms with E-state index in [1.807, 2.05) is 6.92 Å². The standard InChI is InChI=1S/C35H58O15/c1-22(18-16-14-12-10-8-6-5-7-9-11-13-15-17-19-27(38)44-4)47-35-33(31(42)29(40)26(49-35)21-46-24(3)37)50-34-32(43)30(41)28(39)25(48-34)20-45-23(2)36/h5-6,9,11,22,25-26,28-35,39-43H,7-8,10,12-21H2,1-4H3/b6-5-,11-9-/t22?,25-,26-,28-,29-,30+,31+,32-,33-,34+,35-/m1/s1. The van der Waals surface area contributed by atoms with Crippen molar-refractivity contribution in [3.05, 3.63) is 24.3 Å². The monoisotopic (exact) mass is 718 g/mol. The van der Waals surface area contributed by atoms with Crippen LogP contribution in [0.5, 0.6) is 0 Å². The lowest BCUT2D eigenvalue weighted by atomic mass is 9.97. The molecular formula is C35H58O15. The summed E-state index contributed by atoms with van der Waals surface area (Å²) in [6, 6.07) is 0. The molecule has 0 spiro atoms. The molecule has 0 aromatic carbocycles. The Morgan fingerprint density at radius 3 is 1.80 bits per heavy atom. The van der Waals surface area contributed by atoms with Gasteiger partial charge >= 0.3 is 17.9 Å². The minimum absolute atomic E-state index is 0.171. The van der Waals surface area contributed by atoms with Gasteiger partial charge in [0, 0.05) is 20.3 Å². The van der Waals surface area contributed by atoms with Crippen LogP contribution in [-0.2, 0) is 47.5 Å². The van der Waals surface area contributed by atoms with Gasteiger partial charge in [0.05, 0.1) is 13.2 Å². The van der Waals surface area contributed by atoms with E-state index in [1.54, 1.807) is 0 Å². The zero-order chi connectivity index (χ0) is 37.1. The molecule has 0 amide bonds. The molecule has 0 bridgehead atoms. The van der Waals surface area contributed by atoms with Crippen molar-refractivity contribution in [2.24, 2.45) is 0 Å². The lowest BCUT2D eigenvalue weighted by Gasteiger charge is -2.46. The summed E-state index contributed by atoms with van der Waals surface area (Å²) in [5.41, 5.74) is 0. The summed E-state index contributed by atoms with van der Waals surface area (Å²) in [4.78, 5) is 33.8. The molecule has 0 aliphatic carbocycles. The molecule has 15 nitrogen and oxygen atoms in total. The highest BCUT2D eigenvalue weighted by molar-refractivity contribution is 5.69. The summed E-state index contributed by atoms with van der Waals surface area (Å²) in [5, 5.41) is 53.1. The lowest BCUT2D eigenvalue weighted by molar-refractivity contribution is -0.371. The van der Waals surface area contributed by atoms with Crippen LogP contribution >= 0.6 is 0 Å². The number of ether oxygens (including phenoxy) is 7. The van der Waals surface area contributed by atoms with Gasteiger partial charge in [0.2, 0.25) is 0 Å². The van der Waals surface area contributed by atoms with Crippen molar-refractivity contribution >= 4 is 17.9 Å². The molecule has 288 valence electrons. The van der Waals surface area contributed by atoms with Crippen LogP contribution in [0.1, 0.15) is 91.4 Å². The molecule has 0 aromatic heterocycles. The summed E-state index contributed by atoms with van der Waals surface area (Å²) in [6.45, 7) is 3.35.